The van der Waals surface area contributed by atoms with E-state index in [1.807, 2.05) is 0 Å². The molecule has 0 radical (unpaired) electrons. The third-order valence-electron chi connectivity index (χ3n) is 2.64. The minimum Gasteiger partial charge on any atom is -0.271 e. The summed E-state index contributed by atoms with van der Waals surface area (Å²) < 4.78 is 25.8. The van der Waals surface area contributed by atoms with Crippen LogP contribution < -0.4 is 11.3 Å². The summed E-state index contributed by atoms with van der Waals surface area (Å²) in [6.45, 7) is 0. The zero-order chi connectivity index (χ0) is 13.1. The van der Waals surface area contributed by atoms with Crippen molar-refractivity contribution in [2.45, 2.75) is 6.04 Å². The molecule has 3 N–H and O–H groups in total. The monoisotopic (exact) mass is 268 g/mol. The lowest BCUT2D eigenvalue weighted by molar-refractivity contribution is 0.609. The highest BCUT2D eigenvalue weighted by atomic mass is 35.5. The van der Waals surface area contributed by atoms with Crippen LogP contribution in [-0.2, 0) is 0 Å². The van der Waals surface area contributed by atoms with E-state index in [-0.39, 0.29) is 10.8 Å². The van der Waals surface area contributed by atoms with E-state index in [1.165, 1.54) is 24.3 Å². The Labute approximate surface area is 108 Å². The average Bonchev–Trinajstić information content (AvgIpc) is 2.35. The fourth-order valence-corrected chi connectivity index (χ4v) is 2.03. The number of hydrogen-bond donors (Lipinski definition) is 2. The number of nitrogens with one attached hydrogen (secondary N) is 1. The lowest BCUT2D eigenvalue weighted by atomic mass is 9.99. The fraction of sp³-hybridized carbons (Fsp3) is 0.0769. The summed E-state index contributed by atoms with van der Waals surface area (Å²) in [6.07, 6.45) is 0. The highest BCUT2D eigenvalue weighted by Crippen LogP contribution is 2.28. The van der Waals surface area contributed by atoms with Gasteiger partial charge in [0.05, 0.1) is 6.04 Å². The van der Waals surface area contributed by atoms with E-state index in [9.17, 15) is 8.78 Å². The molecule has 0 aliphatic rings. The lowest BCUT2D eigenvalue weighted by Gasteiger charge is -2.18. The summed E-state index contributed by atoms with van der Waals surface area (Å²) in [5.74, 6) is 4.73. The van der Waals surface area contributed by atoms with Gasteiger partial charge in [0, 0.05) is 5.02 Å². The van der Waals surface area contributed by atoms with Crippen molar-refractivity contribution in [3.05, 3.63) is 70.2 Å². The van der Waals surface area contributed by atoms with Crippen LogP contribution in [0.5, 0.6) is 0 Å². The third kappa shape index (κ3) is 2.67. The third-order valence-corrected chi connectivity index (χ3v) is 2.97. The minimum absolute atomic E-state index is 0.266. The van der Waals surface area contributed by atoms with Crippen molar-refractivity contribution in [3.8, 4) is 0 Å². The number of hydrazine groups is 1. The summed E-state index contributed by atoms with van der Waals surface area (Å²) in [7, 11) is 0. The Morgan fingerprint density at radius 3 is 2.17 bits per heavy atom. The molecule has 0 amide bonds. The first-order chi connectivity index (χ1) is 8.61. The van der Waals surface area contributed by atoms with Gasteiger partial charge >= 0.3 is 0 Å². The zero-order valence-electron chi connectivity index (χ0n) is 9.33. The number of halogens is 3. The first-order valence-corrected chi connectivity index (χ1v) is 5.66. The Bertz CT molecular complexity index is 543. The Balaban J connectivity index is 2.41. The van der Waals surface area contributed by atoms with E-state index in [1.54, 1.807) is 18.2 Å². The van der Waals surface area contributed by atoms with E-state index < -0.39 is 11.9 Å². The van der Waals surface area contributed by atoms with E-state index in [0.29, 0.717) is 5.56 Å². The predicted octanol–water partition coefficient (Wildman–Crippen LogP) is 3.17. The summed E-state index contributed by atoms with van der Waals surface area (Å²) in [6, 6.07) is 9.50. The SMILES string of the molecule is NNC(c1ccc(F)cc1)c1ccc(F)cc1Cl. The van der Waals surface area contributed by atoms with Crippen LogP contribution in [0.4, 0.5) is 8.78 Å². The molecule has 1 unspecified atom stereocenters. The van der Waals surface area contributed by atoms with Crippen LogP contribution in [0.3, 0.4) is 0 Å². The molecule has 0 saturated heterocycles. The first-order valence-electron chi connectivity index (χ1n) is 5.28. The van der Waals surface area contributed by atoms with Gasteiger partial charge in [0.25, 0.3) is 0 Å². The molecular formula is C13H11ClF2N2. The molecule has 1 atom stereocenters. The summed E-state index contributed by atoms with van der Waals surface area (Å²) in [4.78, 5) is 0. The van der Waals surface area contributed by atoms with E-state index in [2.05, 4.69) is 5.43 Å². The molecule has 2 nitrogen and oxygen atoms in total. The molecule has 0 heterocycles. The van der Waals surface area contributed by atoms with Crippen molar-refractivity contribution in [3.63, 3.8) is 0 Å². The molecule has 0 aliphatic heterocycles. The van der Waals surface area contributed by atoms with Crippen molar-refractivity contribution in [1.29, 1.82) is 0 Å². The van der Waals surface area contributed by atoms with Gasteiger partial charge in [0.2, 0.25) is 0 Å². The molecule has 5 heteroatoms. The van der Waals surface area contributed by atoms with Gasteiger partial charge in [-0.05, 0) is 35.4 Å². The quantitative estimate of drug-likeness (QED) is 0.663. The van der Waals surface area contributed by atoms with Crippen molar-refractivity contribution in [2.24, 2.45) is 5.84 Å². The zero-order valence-corrected chi connectivity index (χ0v) is 10.1. The normalized spacial score (nSPS) is 12.4. The van der Waals surface area contributed by atoms with Crippen molar-refractivity contribution in [2.75, 3.05) is 0 Å². The van der Waals surface area contributed by atoms with Gasteiger partial charge in [-0.15, -0.1) is 0 Å². The standard InChI is InChI=1S/C13H11ClF2N2/c14-12-7-10(16)5-6-11(12)13(18-17)8-1-3-9(15)4-2-8/h1-7,13,18H,17H2. The maximum absolute atomic E-state index is 13.0. The highest BCUT2D eigenvalue weighted by Gasteiger charge is 2.16. The van der Waals surface area contributed by atoms with Crippen molar-refractivity contribution >= 4 is 11.6 Å². The van der Waals surface area contributed by atoms with Crippen LogP contribution in [-0.4, -0.2) is 0 Å². The molecule has 94 valence electrons. The second-order valence-corrected chi connectivity index (χ2v) is 4.22. The van der Waals surface area contributed by atoms with Crippen LogP contribution in [0.1, 0.15) is 17.2 Å². The fourth-order valence-electron chi connectivity index (χ4n) is 1.76. The van der Waals surface area contributed by atoms with Crippen molar-refractivity contribution < 1.29 is 8.78 Å². The van der Waals surface area contributed by atoms with Crippen LogP contribution in [0.2, 0.25) is 5.02 Å². The molecular weight excluding hydrogens is 258 g/mol. The number of hydrogen-bond acceptors (Lipinski definition) is 2. The summed E-state index contributed by atoms with van der Waals surface area (Å²) in [5.41, 5.74) is 3.96. The van der Waals surface area contributed by atoms with Gasteiger partial charge < -0.3 is 0 Å². The van der Waals surface area contributed by atoms with Gasteiger partial charge in [0.15, 0.2) is 0 Å². The highest BCUT2D eigenvalue weighted by molar-refractivity contribution is 6.31. The molecule has 0 aliphatic carbocycles. The maximum Gasteiger partial charge on any atom is 0.124 e. The van der Waals surface area contributed by atoms with Gasteiger partial charge in [-0.3, -0.25) is 5.84 Å². The maximum atomic E-state index is 13.0. The molecule has 0 fully saturated rings. The van der Waals surface area contributed by atoms with E-state index in [4.69, 9.17) is 17.4 Å². The number of benzene rings is 2. The number of nitrogens with two attached hydrogens (primary N) is 1. The Morgan fingerprint density at radius 2 is 1.61 bits per heavy atom. The van der Waals surface area contributed by atoms with Gasteiger partial charge in [-0.25, -0.2) is 14.2 Å². The second kappa shape index (κ2) is 5.44. The summed E-state index contributed by atoms with van der Waals surface area (Å²) in [5, 5.41) is 0.266. The van der Waals surface area contributed by atoms with E-state index in [0.717, 1.165) is 5.56 Å². The Kier molecular flexibility index (Phi) is 3.91. The van der Waals surface area contributed by atoms with Crippen LogP contribution in [0.15, 0.2) is 42.5 Å². The van der Waals surface area contributed by atoms with Gasteiger partial charge in [-0.2, -0.15) is 0 Å². The van der Waals surface area contributed by atoms with Crippen LogP contribution in [0.25, 0.3) is 0 Å². The molecule has 2 aromatic rings. The smallest absolute Gasteiger partial charge is 0.124 e. The second-order valence-electron chi connectivity index (χ2n) is 3.82. The van der Waals surface area contributed by atoms with Crippen LogP contribution >= 0.6 is 11.6 Å². The Morgan fingerprint density at radius 1 is 1.00 bits per heavy atom. The molecule has 0 spiro atoms. The minimum atomic E-state index is -0.418. The predicted molar refractivity (Wildman–Crippen MR) is 67.0 cm³/mol. The van der Waals surface area contributed by atoms with Crippen LogP contribution in [0, 0.1) is 11.6 Å². The van der Waals surface area contributed by atoms with Gasteiger partial charge in [-0.1, -0.05) is 29.8 Å². The lowest BCUT2D eigenvalue weighted by Crippen LogP contribution is -2.29. The van der Waals surface area contributed by atoms with E-state index >= 15 is 0 Å². The summed E-state index contributed by atoms with van der Waals surface area (Å²) >= 11 is 5.97. The molecule has 0 saturated carbocycles. The largest absolute Gasteiger partial charge is 0.271 e. The first kappa shape index (κ1) is 13.0. The average molecular weight is 269 g/mol. The number of rotatable bonds is 3. The molecule has 18 heavy (non-hydrogen) atoms. The molecule has 0 aromatic heterocycles. The molecule has 0 bridgehead atoms. The molecule has 2 aromatic carbocycles. The topological polar surface area (TPSA) is 38.0 Å². The van der Waals surface area contributed by atoms with Crippen molar-refractivity contribution in [1.82, 2.24) is 5.43 Å². The van der Waals surface area contributed by atoms with Gasteiger partial charge in [0.1, 0.15) is 11.6 Å². The molecule has 2 rings (SSSR count). The Hall–Kier alpha value is -1.49.